The fraction of sp³-hybridized carbons (Fsp3) is 0.385. The lowest BCUT2D eigenvalue weighted by Gasteiger charge is -2.00. The minimum absolute atomic E-state index is 0.314. The summed E-state index contributed by atoms with van der Waals surface area (Å²) in [5.74, 6) is -0.0100. The average Bonchev–Trinajstić information content (AvgIpc) is 3.02. The van der Waals surface area contributed by atoms with E-state index >= 15 is 0 Å². The minimum atomic E-state index is -0.595. The number of fused-ring (bicyclic) bond motifs is 1. The molecule has 2 nitrogen and oxygen atoms in total. The fourth-order valence-corrected chi connectivity index (χ4v) is 2.31. The highest BCUT2D eigenvalue weighted by atomic mass is 19.1. The van der Waals surface area contributed by atoms with Gasteiger partial charge in [-0.05, 0) is 25.8 Å². The molecule has 1 heterocycles. The SMILES string of the molecule is CNCc1oc2cc(F)cc(F)c2c1C1CC1. The molecule has 4 heteroatoms. The van der Waals surface area contributed by atoms with Gasteiger partial charge in [0.15, 0.2) is 0 Å². The van der Waals surface area contributed by atoms with Crippen LogP contribution in [0.2, 0.25) is 0 Å². The summed E-state index contributed by atoms with van der Waals surface area (Å²) in [5.41, 5.74) is 1.24. The number of furan rings is 1. The molecule has 0 amide bonds. The number of hydrogen-bond donors (Lipinski definition) is 1. The number of benzene rings is 1. The Kier molecular flexibility index (Phi) is 2.40. The smallest absolute Gasteiger partial charge is 0.140 e. The summed E-state index contributed by atoms with van der Waals surface area (Å²) in [6.45, 7) is 0.543. The van der Waals surface area contributed by atoms with E-state index in [1.54, 1.807) is 7.05 Å². The van der Waals surface area contributed by atoms with Gasteiger partial charge < -0.3 is 9.73 Å². The second kappa shape index (κ2) is 3.81. The molecule has 0 radical (unpaired) electrons. The summed E-state index contributed by atoms with van der Waals surface area (Å²) < 4.78 is 32.5. The Morgan fingerprint density at radius 1 is 1.35 bits per heavy atom. The standard InChI is InChI=1S/C13H13F2NO/c1-16-6-11-12(7-2-3-7)13-9(15)4-8(14)5-10(13)17-11/h4-5,7,16H,2-3,6H2,1H3. The highest BCUT2D eigenvalue weighted by Gasteiger charge is 2.32. The summed E-state index contributed by atoms with van der Waals surface area (Å²) in [4.78, 5) is 0. The van der Waals surface area contributed by atoms with Gasteiger partial charge in [0.1, 0.15) is 23.0 Å². The van der Waals surface area contributed by atoms with E-state index in [4.69, 9.17) is 4.42 Å². The van der Waals surface area contributed by atoms with Gasteiger partial charge in [-0.1, -0.05) is 0 Å². The molecule has 1 N–H and O–H groups in total. The van der Waals surface area contributed by atoms with Crippen molar-refractivity contribution in [2.75, 3.05) is 7.05 Å². The highest BCUT2D eigenvalue weighted by Crippen LogP contribution is 2.46. The van der Waals surface area contributed by atoms with E-state index in [0.717, 1.165) is 30.2 Å². The largest absolute Gasteiger partial charge is 0.459 e. The lowest BCUT2D eigenvalue weighted by atomic mass is 10.1. The van der Waals surface area contributed by atoms with Crippen LogP contribution in [-0.2, 0) is 6.54 Å². The summed E-state index contributed by atoms with van der Waals surface area (Å²) in [6.07, 6.45) is 2.12. The maximum absolute atomic E-state index is 13.8. The third kappa shape index (κ3) is 1.72. The molecule has 1 aliphatic rings. The molecular formula is C13H13F2NO. The molecule has 3 rings (SSSR count). The van der Waals surface area contributed by atoms with Crippen LogP contribution in [0.25, 0.3) is 11.0 Å². The molecule has 0 aliphatic heterocycles. The van der Waals surface area contributed by atoms with Crippen LogP contribution in [0.1, 0.15) is 30.1 Å². The first-order chi connectivity index (χ1) is 8.20. The number of nitrogens with one attached hydrogen (secondary N) is 1. The quantitative estimate of drug-likeness (QED) is 0.886. The molecule has 0 bridgehead atoms. The zero-order valence-corrected chi connectivity index (χ0v) is 9.52. The monoisotopic (exact) mass is 237 g/mol. The Morgan fingerprint density at radius 3 is 2.76 bits per heavy atom. The second-order valence-corrected chi connectivity index (χ2v) is 4.50. The van der Waals surface area contributed by atoms with Crippen molar-refractivity contribution >= 4 is 11.0 Å². The topological polar surface area (TPSA) is 25.2 Å². The van der Waals surface area contributed by atoms with Crippen molar-refractivity contribution in [2.24, 2.45) is 0 Å². The summed E-state index contributed by atoms with van der Waals surface area (Å²) in [5, 5.41) is 3.45. The van der Waals surface area contributed by atoms with E-state index in [2.05, 4.69) is 5.32 Å². The van der Waals surface area contributed by atoms with E-state index in [1.165, 1.54) is 6.07 Å². The third-order valence-corrected chi connectivity index (χ3v) is 3.14. The summed E-state index contributed by atoms with van der Waals surface area (Å²) in [6, 6.07) is 2.18. The first-order valence-electron chi connectivity index (χ1n) is 5.75. The number of halogens is 2. The van der Waals surface area contributed by atoms with Gasteiger partial charge in [-0.25, -0.2) is 8.78 Å². The molecule has 1 saturated carbocycles. The summed E-state index contributed by atoms with van der Waals surface area (Å²) >= 11 is 0. The number of hydrogen-bond acceptors (Lipinski definition) is 2. The van der Waals surface area contributed by atoms with Crippen LogP contribution in [0, 0.1) is 11.6 Å². The van der Waals surface area contributed by atoms with Gasteiger partial charge in [0.25, 0.3) is 0 Å². The van der Waals surface area contributed by atoms with Gasteiger partial charge in [0.2, 0.25) is 0 Å². The highest BCUT2D eigenvalue weighted by molar-refractivity contribution is 5.84. The van der Waals surface area contributed by atoms with E-state index in [0.29, 0.717) is 23.4 Å². The van der Waals surface area contributed by atoms with E-state index < -0.39 is 11.6 Å². The third-order valence-electron chi connectivity index (χ3n) is 3.14. The van der Waals surface area contributed by atoms with Crippen LogP contribution in [0.4, 0.5) is 8.78 Å². The molecule has 1 aromatic heterocycles. The Morgan fingerprint density at radius 2 is 2.12 bits per heavy atom. The molecule has 0 unspecified atom stereocenters. The Balaban J connectivity index is 2.27. The predicted molar refractivity (Wildman–Crippen MR) is 60.9 cm³/mol. The molecule has 0 saturated heterocycles. The van der Waals surface area contributed by atoms with Crippen molar-refractivity contribution in [3.63, 3.8) is 0 Å². The van der Waals surface area contributed by atoms with Crippen LogP contribution >= 0.6 is 0 Å². The molecule has 90 valence electrons. The normalized spacial score (nSPS) is 15.7. The first-order valence-corrected chi connectivity index (χ1v) is 5.75. The minimum Gasteiger partial charge on any atom is -0.459 e. The first kappa shape index (κ1) is 10.7. The molecular weight excluding hydrogens is 224 g/mol. The van der Waals surface area contributed by atoms with Crippen LogP contribution in [0.3, 0.4) is 0 Å². The van der Waals surface area contributed by atoms with Crippen molar-refractivity contribution in [3.05, 3.63) is 35.1 Å². The maximum Gasteiger partial charge on any atom is 0.140 e. The van der Waals surface area contributed by atoms with Crippen molar-refractivity contribution < 1.29 is 13.2 Å². The predicted octanol–water partition coefficient (Wildman–Crippen LogP) is 3.31. The average molecular weight is 237 g/mol. The van der Waals surface area contributed by atoms with Gasteiger partial charge in [0.05, 0.1) is 11.9 Å². The van der Waals surface area contributed by atoms with Crippen LogP contribution in [0.15, 0.2) is 16.5 Å². The molecule has 2 aromatic rings. The van der Waals surface area contributed by atoms with Gasteiger partial charge in [-0.2, -0.15) is 0 Å². The molecule has 1 aliphatic carbocycles. The zero-order chi connectivity index (χ0) is 12.0. The Labute approximate surface area is 97.6 Å². The van der Waals surface area contributed by atoms with Crippen molar-refractivity contribution in [2.45, 2.75) is 25.3 Å². The van der Waals surface area contributed by atoms with Crippen molar-refractivity contribution in [1.29, 1.82) is 0 Å². The summed E-state index contributed by atoms with van der Waals surface area (Å²) in [7, 11) is 1.81. The second-order valence-electron chi connectivity index (χ2n) is 4.50. The lowest BCUT2D eigenvalue weighted by Crippen LogP contribution is -2.05. The van der Waals surface area contributed by atoms with Crippen molar-refractivity contribution in [1.82, 2.24) is 5.32 Å². The molecule has 0 spiro atoms. The lowest BCUT2D eigenvalue weighted by molar-refractivity contribution is 0.520. The van der Waals surface area contributed by atoms with Crippen molar-refractivity contribution in [3.8, 4) is 0 Å². The van der Waals surface area contributed by atoms with Crippen LogP contribution in [0.5, 0.6) is 0 Å². The Hall–Kier alpha value is -1.42. The van der Waals surface area contributed by atoms with Crippen LogP contribution < -0.4 is 5.32 Å². The maximum atomic E-state index is 13.8. The van der Waals surface area contributed by atoms with E-state index in [9.17, 15) is 8.78 Å². The zero-order valence-electron chi connectivity index (χ0n) is 9.52. The number of rotatable bonds is 3. The van der Waals surface area contributed by atoms with Gasteiger partial charge in [0, 0.05) is 17.7 Å². The fourth-order valence-electron chi connectivity index (χ4n) is 2.31. The van der Waals surface area contributed by atoms with E-state index in [1.807, 2.05) is 0 Å². The Bertz CT molecular complexity index is 572. The van der Waals surface area contributed by atoms with E-state index in [-0.39, 0.29) is 0 Å². The molecule has 17 heavy (non-hydrogen) atoms. The molecule has 0 atom stereocenters. The van der Waals surface area contributed by atoms with Crippen LogP contribution in [-0.4, -0.2) is 7.05 Å². The van der Waals surface area contributed by atoms with Gasteiger partial charge >= 0.3 is 0 Å². The van der Waals surface area contributed by atoms with Gasteiger partial charge in [-0.15, -0.1) is 0 Å². The molecule has 1 aromatic carbocycles. The van der Waals surface area contributed by atoms with Gasteiger partial charge in [-0.3, -0.25) is 0 Å². The molecule has 1 fully saturated rings.